The molecule has 7 rings (SSSR count). The van der Waals surface area contributed by atoms with Gasteiger partial charge in [-0.05, 0) is 63.5 Å². The fourth-order valence-corrected chi connectivity index (χ4v) is 10.9. The summed E-state index contributed by atoms with van der Waals surface area (Å²) in [6.07, 6.45) is -14.4. The molecule has 21 heteroatoms. The van der Waals surface area contributed by atoms with E-state index in [1.54, 1.807) is 57.2 Å². The number of hydrogen-bond donors (Lipinski definition) is 4. The predicted octanol–water partition coefficient (Wildman–Crippen LogP) is 3.20. The van der Waals surface area contributed by atoms with Gasteiger partial charge in [-0.15, -0.1) is 5.06 Å². The number of nitrogens with one attached hydrogen (secondary N) is 1. The lowest BCUT2D eigenvalue weighted by Gasteiger charge is -2.67. The first kappa shape index (κ1) is 53.3. The van der Waals surface area contributed by atoms with Crippen molar-refractivity contribution in [3.05, 3.63) is 82.9 Å². The number of hydroxylamine groups is 2. The third-order valence-electron chi connectivity index (χ3n) is 14.5. The number of rotatable bonds is 13. The quantitative estimate of drug-likeness (QED) is 0.0969. The first-order valence-electron chi connectivity index (χ1n) is 23.6. The van der Waals surface area contributed by atoms with E-state index in [0.29, 0.717) is 5.06 Å². The van der Waals surface area contributed by atoms with E-state index >= 15 is 9.59 Å². The molecule has 2 aromatic rings. The number of benzene rings is 2. The Bertz CT molecular complexity index is 2540. The van der Waals surface area contributed by atoms with Crippen LogP contribution in [-0.4, -0.2) is 134 Å². The van der Waals surface area contributed by atoms with Crippen LogP contribution in [0.3, 0.4) is 0 Å². The molecule has 0 radical (unpaired) electrons. The second-order valence-electron chi connectivity index (χ2n) is 20.6. The fraction of sp³-hybridized carbons (Fsp3) is 0.549. The predicted molar refractivity (Wildman–Crippen MR) is 244 cm³/mol. The van der Waals surface area contributed by atoms with Crippen LogP contribution >= 0.6 is 0 Å². The first-order chi connectivity index (χ1) is 33.7. The Morgan fingerprint density at radius 1 is 0.875 bits per heavy atom. The summed E-state index contributed by atoms with van der Waals surface area (Å²) in [5, 5.41) is 41.0. The highest BCUT2D eigenvalue weighted by Crippen LogP contribution is 2.64. The summed E-state index contributed by atoms with van der Waals surface area (Å²) in [6.45, 7) is 11.2. The number of hydrogen-bond acceptors (Lipinski definition) is 19. The van der Waals surface area contributed by atoms with Crippen molar-refractivity contribution in [2.75, 3.05) is 6.61 Å². The molecule has 4 fully saturated rings. The van der Waals surface area contributed by atoms with Crippen LogP contribution in [0.1, 0.15) is 116 Å². The number of ether oxygens (including phenoxy) is 6. The number of aliphatic hydroxyl groups excluding tert-OH is 2. The molecule has 2 unspecified atom stereocenters. The average Bonchev–Trinajstić information content (AvgIpc) is 3.62. The van der Waals surface area contributed by atoms with Gasteiger partial charge in [0, 0.05) is 38.0 Å². The Morgan fingerprint density at radius 2 is 1.47 bits per heavy atom. The highest BCUT2D eigenvalue weighted by Gasteiger charge is 2.78. The lowest BCUT2D eigenvalue weighted by molar-refractivity contribution is -0.346. The maximum Gasteiger partial charge on any atom is 0.408 e. The van der Waals surface area contributed by atoms with Gasteiger partial charge in [0.2, 0.25) is 6.10 Å². The summed E-state index contributed by atoms with van der Waals surface area (Å²) >= 11 is 0. The molecule has 2 aromatic carbocycles. The summed E-state index contributed by atoms with van der Waals surface area (Å²) in [5.74, 6) is -9.72. The zero-order chi connectivity index (χ0) is 52.9. The summed E-state index contributed by atoms with van der Waals surface area (Å²) in [5.41, 5.74) is -9.23. The van der Waals surface area contributed by atoms with E-state index in [1.165, 1.54) is 52.0 Å². The van der Waals surface area contributed by atoms with Crippen molar-refractivity contribution in [3.8, 4) is 0 Å². The lowest BCUT2D eigenvalue weighted by atomic mass is 9.44. The summed E-state index contributed by atoms with van der Waals surface area (Å²) in [6, 6.07) is 13.8. The van der Waals surface area contributed by atoms with E-state index < -0.39 is 149 Å². The van der Waals surface area contributed by atoms with Gasteiger partial charge in [-0.1, -0.05) is 62.4 Å². The summed E-state index contributed by atoms with van der Waals surface area (Å²) in [7, 11) is 0. The molecule has 11 atom stereocenters. The molecule has 2 aliphatic heterocycles. The van der Waals surface area contributed by atoms with Crippen LogP contribution in [0.4, 0.5) is 4.79 Å². The van der Waals surface area contributed by atoms with Gasteiger partial charge in [0.05, 0.1) is 42.4 Å². The molecule has 0 spiro atoms. The molecule has 3 aliphatic carbocycles. The molecule has 21 nitrogen and oxygen atoms in total. The molecule has 2 bridgehead atoms. The van der Waals surface area contributed by atoms with Gasteiger partial charge in [0.1, 0.15) is 41.7 Å². The molecule has 4 N–H and O–H groups in total. The van der Waals surface area contributed by atoms with Gasteiger partial charge < -0.3 is 53.9 Å². The smallest absolute Gasteiger partial charge is 0.408 e. The first-order valence-corrected chi connectivity index (χ1v) is 23.6. The highest BCUT2D eigenvalue weighted by atomic mass is 16.7. The highest BCUT2D eigenvalue weighted by molar-refractivity contribution is 6.01. The van der Waals surface area contributed by atoms with Crippen LogP contribution < -0.4 is 5.32 Å². The van der Waals surface area contributed by atoms with Crippen molar-refractivity contribution in [1.29, 1.82) is 0 Å². The van der Waals surface area contributed by atoms with Gasteiger partial charge >= 0.3 is 35.9 Å². The number of amides is 3. The molecule has 388 valence electrons. The van der Waals surface area contributed by atoms with Gasteiger partial charge in [-0.2, -0.15) is 0 Å². The molecule has 5 aliphatic rings. The van der Waals surface area contributed by atoms with E-state index in [-0.39, 0.29) is 48.1 Å². The Hall–Kier alpha value is -6.55. The van der Waals surface area contributed by atoms with E-state index in [1.807, 2.05) is 0 Å². The number of Topliss-reactive ketones (excluding diaryl/α,β-unsaturated/α-hetero) is 1. The van der Waals surface area contributed by atoms with Gasteiger partial charge in [-0.3, -0.25) is 24.0 Å². The molecule has 2 heterocycles. The number of carbonyl (C=O) groups is 9. The van der Waals surface area contributed by atoms with E-state index in [2.05, 4.69) is 5.32 Å². The minimum absolute atomic E-state index is 0.0134. The summed E-state index contributed by atoms with van der Waals surface area (Å²) < 4.78 is 35.7. The Kier molecular flexibility index (Phi) is 14.7. The monoisotopic (exact) mass is 1000 g/mol. The molecule has 72 heavy (non-hydrogen) atoms. The topological polar surface area (TPSA) is 294 Å². The normalized spacial score (nSPS) is 30.4. The number of fused-ring (bicyclic) bond motifs is 5. The standard InChI is InChI=1S/C51H60N2O19/c1-26-30(67-45(63)40(38(28-15-11-9-12-16-28)52-46(64)71-47(3,4)5)68-35(58)21-22-36(59)72-53-33(56)19-20-34(53)57)24-51(65)43(69-44(62)29-17-13-10-14-18-29)41-49(8,42(61)39(60)37(26)48(51,6)7)31(55)23-32-50(41,25-66-32)70-27(2)54/h9-18,30-32,38-41,43,55,60,65H,19-25H2,1-8H3,(H,52,64)/t30-,31-,32+,38-,39+,40+,41?,43?,49+,50-,51+/m0/s1. The third-order valence-corrected chi connectivity index (χ3v) is 14.5. The summed E-state index contributed by atoms with van der Waals surface area (Å²) in [4.78, 5) is 127. The third kappa shape index (κ3) is 9.73. The number of carbonyl (C=O) groups excluding carboxylic acids is 9. The second-order valence-corrected chi connectivity index (χ2v) is 20.6. The van der Waals surface area contributed by atoms with Crippen molar-refractivity contribution in [1.82, 2.24) is 10.4 Å². The number of alkyl carbamates (subject to hydrolysis) is 1. The van der Waals surface area contributed by atoms with Crippen molar-refractivity contribution in [2.45, 2.75) is 153 Å². The lowest BCUT2D eigenvalue weighted by Crippen LogP contribution is -2.81. The average molecular weight is 1010 g/mol. The minimum atomic E-state index is -2.51. The van der Waals surface area contributed by atoms with Crippen LogP contribution in [0.25, 0.3) is 0 Å². The van der Waals surface area contributed by atoms with E-state index in [4.69, 9.17) is 33.3 Å². The largest absolute Gasteiger partial charge is 0.455 e. The maximum atomic E-state index is 15.2. The number of esters is 4. The van der Waals surface area contributed by atoms with Gasteiger partial charge in [0.25, 0.3) is 11.8 Å². The van der Waals surface area contributed by atoms with E-state index in [0.717, 1.165) is 6.92 Å². The molecule has 3 amide bonds. The number of imide groups is 1. The Morgan fingerprint density at radius 3 is 2.04 bits per heavy atom. The van der Waals surface area contributed by atoms with Crippen LogP contribution in [0.5, 0.6) is 0 Å². The maximum absolute atomic E-state index is 15.2. The van der Waals surface area contributed by atoms with Crippen molar-refractivity contribution in [3.63, 3.8) is 0 Å². The van der Waals surface area contributed by atoms with Crippen molar-refractivity contribution in [2.24, 2.45) is 16.7 Å². The van der Waals surface area contributed by atoms with Crippen LogP contribution in [0.15, 0.2) is 71.8 Å². The molecular formula is C51H60N2O19. The van der Waals surface area contributed by atoms with Crippen LogP contribution in [0.2, 0.25) is 0 Å². The van der Waals surface area contributed by atoms with Crippen LogP contribution in [-0.2, 0) is 66.8 Å². The minimum Gasteiger partial charge on any atom is -0.455 e. The zero-order valence-corrected chi connectivity index (χ0v) is 41.2. The van der Waals surface area contributed by atoms with E-state index in [9.17, 15) is 48.9 Å². The molecule has 0 aromatic heterocycles. The Balaban J connectivity index is 1.32. The van der Waals surface area contributed by atoms with Crippen molar-refractivity contribution >= 4 is 53.5 Å². The number of nitrogens with zero attached hydrogens (tertiary/aromatic N) is 1. The second kappa shape index (κ2) is 19.8. The van der Waals surface area contributed by atoms with Gasteiger partial charge in [0.15, 0.2) is 11.4 Å². The number of aliphatic hydroxyl groups is 3. The molecule has 2 saturated heterocycles. The number of ketones is 1. The van der Waals surface area contributed by atoms with Gasteiger partial charge in [-0.25, -0.2) is 19.2 Å². The SMILES string of the molecule is CC(=O)O[C@@]12CO[C@@H]1C[C@H](O)[C@@]1(C)C(=O)[C@H](O)C3=C(C)[C@@H](OC(=O)[C@H](OC(=O)CCC(=O)ON4C(=O)CCC4=O)[C@@H](NC(=O)OC(C)(C)C)c4ccccc4)C[C@@](O)(C(OC(=O)c4ccccc4)C12)C3(C)C. The van der Waals surface area contributed by atoms with Crippen LogP contribution in [0, 0.1) is 16.7 Å². The fourth-order valence-electron chi connectivity index (χ4n) is 10.9. The zero-order valence-electron chi connectivity index (χ0n) is 41.2. The Labute approximate surface area is 414 Å². The van der Waals surface area contributed by atoms with Crippen molar-refractivity contribution < 1.29 is 91.7 Å². The molecule has 2 saturated carbocycles. The molecular weight excluding hydrogens is 945 g/mol.